The number of rotatable bonds is 6. The van der Waals surface area contributed by atoms with E-state index in [2.05, 4.69) is 16.4 Å². The summed E-state index contributed by atoms with van der Waals surface area (Å²) in [6.45, 7) is 5.55. The lowest BCUT2D eigenvalue weighted by atomic mass is 10.1. The van der Waals surface area contributed by atoms with E-state index in [1.54, 1.807) is 6.92 Å². The quantitative estimate of drug-likeness (QED) is 0.623. The fourth-order valence-electron chi connectivity index (χ4n) is 2.62. The van der Waals surface area contributed by atoms with Gasteiger partial charge in [0.15, 0.2) is 6.10 Å². The number of aromatic nitrogens is 1. The summed E-state index contributed by atoms with van der Waals surface area (Å²) in [5.41, 5.74) is 4.58. The van der Waals surface area contributed by atoms with E-state index in [1.807, 2.05) is 61.7 Å². The van der Waals surface area contributed by atoms with E-state index in [-0.39, 0.29) is 12.3 Å². The van der Waals surface area contributed by atoms with Crippen molar-refractivity contribution in [2.45, 2.75) is 33.3 Å². The largest absolute Gasteiger partial charge is 0.452 e. The Morgan fingerprint density at radius 3 is 2.57 bits per heavy atom. The number of carbonyl (C=O) groups is 2. The van der Waals surface area contributed by atoms with Crippen molar-refractivity contribution in [3.63, 3.8) is 0 Å². The van der Waals surface area contributed by atoms with Gasteiger partial charge in [-0.25, -0.2) is 4.98 Å². The van der Waals surface area contributed by atoms with Crippen molar-refractivity contribution in [3.05, 3.63) is 70.7 Å². The Labute approximate surface area is 168 Å². The fourth-order valence-corrected chi connectivity index (χ4v) is 3.44. The maximum Gasteiger partial charge on any atom is 0.312 e. The number of nitrogens with zero attached hydrogens (tertiary/aromatic N) is 1. The van der Waals surface area contributed by atoms with Crippen LogP contribution in [0.25, 0.3) is 10.6 Å². The second kappa shape index (κ2) is 8.80. The Hall–Kier alpha value is -2.99. The smallest absolute Gasteiger partial charge is 0.312 e. The molecular weight excluding hydrogens is 372 g/mol. The number of ether oxygens (including phenoxy) is 1. The van der Waals surface area contributed by atoms with E-state index in [9.17, 15) is 9.59 Å². The van der Waals surface area contributed by atoms with Crippen LogP contribution in [0.15, 0.2) is 53.9 Å². The van der Waals surface area contributed by atoms with Crippen LogP contribution in [0.2, 0.25) is 0 Å². The molecule has 1 heterocycles. The maximum atomic E-state index is 12.2. The lowest BCUT2D eigenvalue weighted by molar-refractivity contribution is -0.152. The first-order valence-corrected chi connectivity index (χ1v) is 9.87. The van der Waals surface area contributed by atoms with Gasteiger partial charge in [-0.05, 0) is 39.0 Å². The lowest BCUT2D eigenvalue weighted by Crippen LogP contribution is -2.30. The molecule has 144 valence electrons. The first-order valence-electron chi connectivity index (χ1n) is 8.99. The number of carbonyl (C=O) groups excluding carboxylic acids is 2. The van der Waals surface area contributed by atoms with E-state index in [0.717, 1.165) is 21.7 Å². The van der Waals surface area contributed by atoms with Crippen molar-refractivity contribution in [2.24, 2.45) is 0 Å². The first-order chi connectivity index (χ1) is 13.4. The molecule has 0 radical (unpaired) electrons. The summed E-state index contributed by atoms with van der Waals surface area (Å²) in [4.78, 5) is 28.9. The molecule has 0 unspecified atom stereocenters. The molecule has 1 N–H and O–H groups in total. The highest BCUT2D eigenvalue weighted by Crippen LogP contribution is 2.24. The number of nitrogens with one attached hydrogen (secondary N) is 1. The normalized spacial score (nSPS) is 11.7. The Kier molecular flexibility index (Phi) is 6.21. The summed E-state index contributed by atoms with van der Waals surface area (Å²) in [6.07, 6.45) is -0.853. The van der Waals surface area contributed by atoms with Crippen LogP contribution in [0.1, 0.15) is 23.7 Å². The van der Waals surface area contributed by atoms with Gasteiger partial charge in [0.25, 0.3) is 5.91 Å². The van der Waals surface area contributed by atoms with E-state index in [1.165, 1.54) is 11.3 Å². The molecule has 0 fully saturated rings. The molecule has 2 aromatic carbocycles. The minimum absolute atomic E-state index is 0.0322. The molecule has 0 aliphatic carbocycles. The first kappa shape index (κ1) is 19.8. The molecule has 0 bridgehead atoms. The third-order valence-corrected chi connectivity index (χ3v) is 5.08. The van der Waals surface area contributed by atoms with Crippen LogP contribution in [-0.2, 0) is 20.7 Å². The van der Waals surface area contributed by atoms with Crippen molar-refractivity contribution in [1.29, 1.82) is 0 Å². The molecule has 0 aliphatic heterocycles. The van der Waals surface area contributed by atoms with Crippen LogP contribution in [0.5, 0.6) is 0 Å². The number of hydrogen-bond donors (Lipinski definition) is 1. The predicted molar refractivity (Wildman–Crippen MR) is 111 cm³/mol. The average Bonchev–Trinajstić information content (AvgIpc) is 3.12. The van der Waals surface area contributed by atoms with Gasteiger partial charge in [-0.3, -0.25) is 9.59 Å². The van der Waals surface area contributed by atoms with Crippen LogP contribution in [0, 0.1) is 13.8 Å². The zero-order valence-electron chi connectivity index (χ0n) is 16.1. The fraction of sp³-hybridized carbons (Fsp3) is 0.227. The summed E-state index contributed by atoms with van der Waals surface area (Å²) >= 11 is 1.48. The summed E-state index contributed by atoms with van der Waals surface area (Å²) in [6, 6.07) is 15.5. The highest BCUT2D eigenvalue weighted by atomic mass is 32.1. The van der Waals surface area contributed by atoms with Crippen molar-refractivity contribution in [3.8, 4) is 10.6 Å². The van der Waals surface area contributed by atoms with Gasteiger partial charge in [0.05, 0.1) is 12.1 Å². The van der Waals surface area contributed by atoms with Gasteiger partial charge in [0.1, 0.15) is 5.01 Å². The monoisotopic (exact) mass is 394 g/mol. The molecule has 3 aromatic rings. The molecular formula is C22H22N2O3S. The number of amides is 1. The number of hydrogen-bond acceptors (Lipinski definition) is 5. The van der Waals surface area contributed by atoms with Crippen LogP contribution in [-0.4, -0.2) is 23.0 Å². The minimum atomic E-state index is -0.885. The highest BCUT2D eigenvalue weighted by Gasteiger charge is 2.19. The Morgan fingerprint density at radius 2 is 1.86 bits per heavy atom. The molecule has 0 spiro atoms. The molecule has 6 heteroatoms. The summed E-state index contributed by atoms with van der Waals surface area (Å²) < 4.78 is 5.26. The third kappa shape index (κ3) is 5.27. The summed E-state index contributed by atoms with van der Waals surface area (Å²) in [5, 5.41) is 5.44. The van der Waals surface area contributed by atoms with E-state index >= 15 is 0 Å². The number of thiazole rings is 1. The van der Waals surface area contributed by atoms with Crippen molar-refractivity contribution >= 4 is 28.9 Å². The number of anilines is 1. The minimum Gasteiger partial charge on any atom is -0.452 e. The van der Waals surface area contributed by atoms with Crippen LogP contribution < -0.4 is 5.32 Å². The van der Waals surface area contributed by atoms with Crippen LogP contribution in [0.4, 0.5) is 5.69 Å². The van der Waals surface area contributed by atoms with Gasteiger partial charge in [-0.15, -0.1) is 11.3 Å². The van der Waals surface area contributed by atoms with Gasteiger partial charge in [-0.1, -0.05) is 41.5 Å². The van der Waals surface area contributed by atoms with Crippen molar-refractivity contribution in [2.75, 3.05) is 5.32 Å². The Balaban J connectivity index is 1.55. The summed E-state index contributed by atoms with van der Waals surface area (Å²) in [7, 11) is 0. The van der Waals surface area contributed by atoms with E-state index in [0.29, 0.717) is 11.4 Å². The highest BCUT2D eigenvalue weighted by molar-refractivity contribution is 7.13. The maximum absolute atomic E-state index is 12.2. The molecule has 5 nitrogen and oxygen atoms in total. The van der Waals surface area contributed by atoms with Crippen LogP contribution >= 0.6 is 11.3 Å². The topological polar surface area (TPSA) is 68.3 Å². The van der Waals surface area contributed by atoms with Gasteiger partial charge in [0.2, 0.25) is 0 Å². The van der Waals surface area contributed by atoms with Gasteiger partial charge < -0.3 is 10.1 Å². The molecule has 28 heavy (non-hydrogen) atoms. The predicted octanol–water partition coefficient (Wildman–Crippen LogP) is 4.54. The number of aryl methyl sites for hydroxylation is 2. The standard InChI is InChI=1S/C22H22N2O3S/c1-14-7-9-18(10-8-14)23-21(26)16(3)27-20(25)12-19-13-28-22(24-19)17-6-4-5-15(2)11-17/h4-11,13,16H,12H2,1-3H3,(H,23,26)/t16-/m1/s1. The number of esters is 1. The molecule has 0 saturated heterocycles. The molecule has 3 rings (SSSR count). The SMILES string of the molecule is Cc1ccc(NC(=O)[C@@H](C)OC(=O)Cc2csc(-c3cccc(C)c3)n2)cc1. The van der Waals surface area contributed by atoms with Crippen LogP contribution in [0.3, 0.4) is 0 Å². The van der Waals surface area contributed by atoms with Gasteiger partial charge in [-0.2, -0.15) is 0 Å². The van der Waals surface area contributed by atoms with Crippen molar-refractivity contribution < 1.29 is 14.3 Å². The lowest BCUT2D eigenvalue weighted by Gasteiger charge is -2.13. The van der Waals surface area contributed by atoms with Gasteiger partial charge in [0, 0.05) is 16.6 Å². The van der Waals surface area contributed by atoms with E-state index < -0.39 is 12.1 Å². The molecule has 0 saturated carbocycles. The van der Waals surface area contributed by atoms with Gasteiger partial charge >= 0.3 is 5.97 Å². The Morgan fingerprint density at radius 1 is 1.11 bits per heavy atom. The Bertz CT molecular complexity index is 979. The average molecular weight is 394 g/mol. The summed E-state index contributed by atoms with van der Waals surface area (Å²) in [5.74, 6) is -0.844. The zero-order chi connectivity index (χ0) is 20.1. The number of benzene rings is 2. The molecule has 0 aliphatic rings. The second-order valence-corrected chi connectivity index (χ2v) is 7.54. The second-order valence-electron chi connectivity index (χ2n) is 6.68. The molecule has 1 amide bonds. The molecule has 1 atom stereocenters. The zero-order valence-corrected chi connectivity index (χ0v) is 16.9. The van der Waals surface area contributed by atoms with Crippen molar-refractivity contribution in [1.82, 2.24) is 4.98 Å². The van der Waals surface area contributed by atoms with E-state index in [4.69, 9.17) is 4.74 Å². The third-order valence-electron chi connectivity index (χ3n) is 4.14. The molecule has 1 aromatic heterocycles.